The fraction of sp³-hybridized carbons (Fsp3) is 0.947. The van der Waals surface area contributed by atoms with Crippen LogP contribution >= 0.6 is 0 Å². The van der Waals surface area contributed by atoms with Crippen molar-refractivity contribution >= 4 is 5.97 Å². The fourth-order valence-electron chi connectivity index (χ4n) is 2.89. The molecule has 3 heteroatoms. The van der Waals surface area contributed by atoms with Gasteiger partial charge >= 0.3 is 5.97 Å². The average Bonchev–Trinajstić information content (AvgIpc) is 2.47. The molecule has 0 heterocycles. The highest BCUT2D eigenvalue weighted by Crippen LogP contribution is 2.12. The highest BCUT2D eigenvalue weighted by molar-refractivity contribution is 5.68. The summed E-state index contributed by atoms with van der Waals surface area (Å²) in [6, 6.07) is 0. The van der Waals surface area contributed by atoms with E-state index in [0.29, 0.717) is 0 Å². The van der Waals surface area contributed by atoms with Crippen molar-refractivity contribution in [1.82, 2.24) is 4.90 Å². The molecule has 22 heavy (non-hydrogen) atoms. The van der Waals surface area contributed by atoms with Gasteiger partial charge in [0.05, 0.1) is 6.54 Å². The first kappa shape index (κ1) is 21.4. The van der Waals surface area contributed by atoms with Crippen LogP contribution in [0.3, 0.4) is 0 Å². The lowest BCUT2D eigenvalue weighted by atomic mass is 10.0. The second kappa shape index (κ2) is 16.8. The highest BCUT2D eigenvalue weighted by Gasteiger charge is 2.02. The molecule has 0 atom stereocenters. The van der Waals surface area contributed by atoms with Crippen molar-refractivity contribution < 1.29 is 9.90 Å². The van der Waals surface area contributed by atoms with E-state index in [2.05, 4.69) is 6.92 Å². The van der Waals surface area contributed by atoms with Gasteiger partial charge in [-0.1, -0.05) is 90.4 Å². The highest BCUT2D eigenvalue weighted by atomic mass is 16.4. The van der Waals surface area contributed by atoms with E-state index in [9.17, 15) is 4.79 Å². The number of nitrogens with zero attached hydrogens (tertiary/aromatic N) is 1. The van der Waals surface area contributed by atoms with E-state index >= 15 is 0 Å². The topological polar surface area (TPSA) is 40.5 Å². The maximum atomic E-state index is 10.5. The standard InChI is InChI=1S/C19H39NO2/c1-3-4-5-6-7-8-9-10-11-12-13-14-15-16-17-20(2)18-19(21)22/h3-18H2,1-2H3,(H,21,22). The van der Waals surface area contributed by atoms with Crippen LogP contribution in [0.25, 0.3) is 0 Å². The van der Waals surface area contributed by atoms with Gasteiger partial charge in [-0.3, -0.25) is 9.69 Å². The summed E-state index contributed by atoms with van der Waals surface area (Å²) in [5, 5.41) is 8.66. The summed E-state index contributed by atoms with van der Waals surface area (Å²) in [5.41, 5.74) is 0. The number of unbranched alkanes of at least 4 members (excludes halogenated alkanes) is 13. The summed E-state index contributed by atoms with van der Waals surface area (Å²) in [7, 11) is 1.89. The van der Waals surface area contributed by atoms with Gasteiger partial charge in [0.2, 0.25) is 0 Å². The predicted molar refractivity (Wildman–Crippen MR) is 95.4 cm³/mol. The molecule has 0 radical (unpaired) electrons. The quantitative estimate of drug-likeness (QED) is 0.361. The second-order valence-electron chi connectivity index (χ2n) is 6.73. The number of hydrogen-bond acceptors (Lipinski definition) is 2. The van der Waals surface area contributed by atoms with Crippen molar-refractivity contribution in [3.8, 4) is 0 Å². The molecule has 0 spiro atoms. The zero-order valence-corrected chi connectivity index (χ0v) is 15.1. The molecule has 132 valence electrons. The fourth-order valence-corrected chi connectivity index (χ4v) is 2.89. The first-order chi connectivity index (χ1) is 10.7. The third-order valence-corrected chi connectivity index (χ3v) is 4.30. The van der Waals surface area contributed by atoms with Gasteiger partial charge in [-0.25, -0.2) is 0 Å². The van der Waals surface area contributed by atoms with Crippen LogP contribution in [0.5, 0.6) is 0 Å². The van der Waals surface area contributed by atoms with E-state index in [1.54, 1.807) is 0 Å². The number of aliphatic carboxylic acids is 1. The average molecular weight is 314 g/mol. The number of hydrogen-bond donors (Lipinski definition) is 1. The molecule has 0 unspecified atom stereocenters. The largest absolute Gasteiger partial charge is 0.480 e. The van der Waals surface area contributed by atoms with Gasteiger partial charge in [-0.2, -0.15) is 0 Å². The maximum Gasteiger partial charge on any atom is 0.317 e. The minimum Gasteiger partial charge on any atom is -0.480 e. The second-order valence-corrected chi connectivity index (χ2v) is 6.73. The molecule has 0 aliphatic rings. The van der Waals surface area contributed by atoms with E-state index in [4.69, 9.17) is 5.11 Å². The van der Waals surface area contributed by atoms with Gasteiger partial charge in [0.25, 0.3) is 0 Å². The van der Waals surface area contributed by atoms with Gasteiger partial charge < -0.3 is 5.11 Å². The van der Waals surface area contributed by atoms with E-state index < -0.39 is 5.97 Å². The summed E-state index contributed by atoms with van der Waals surface area (Å²) in [6.07, 6.45) is 19.1. The molecule has 0 rings (SSSR count). The van der Waals surface area contributed by atoms with E-state index in [1.807, 2.05) is 11.9 Å². The van der Waals surface area contributed by atoms with Crippen molar-refractivity contribution in [1.29, 1.82) is 0 Å². The van der Waals surface area contributed by atoms with Gasteiger partial charge in [-0.15, -0.1) is 0 Å². The number of likely N-dealkylation sites (N-methyl/N-ethyl adjacent to an activating group) is 1. The van der Waals surface area contributed by atoms with Crippen molar-refractivity contribution in [2.75, 3.05) is 20.1 Å². The molecule has 0 aliphatic carbocycles. The summed E-state index contributed by atoms with van der Waals surface area (Å²) in [6.45, 7) is 3.34. The third-order valence-electron chi connectivity index (χ3n) is 4.30. The number of carbonyl (C=O) groups is 1. The molecule has 3 nitrogen and oxygen atoms in total. The first-order valence-corrected chi connectivity index (χ1v) is 9.57. The van der Waals surface area contributed by atoms with Crippen LogP contribution < -0.4 is 0 Å². The van der Waals surface area contributed by atoms with Crippen LogP contribution in [0.2, 0.25) is 0 Å². The molecular weight excluding hydrogens is 274 g/mol. The predicted octanol–water partition coefficient (Wildman–Crippen LogP) is 5.48. The van der Waals surface area contributed by atoms with E-state index in [1.165, 1.54) is 83.5 Å². The van der Waals surface area contributed by atoms with Crippen molar-refractivity contribution in [2.45, 2.75) is 96.8 Å². The van der Waals surface area contributed by atoms with Gasteiger partial charge in [-0.05, 0) is 20.0 Å². The number of rotatable bonds is 17. The Morgan fingerprint density at radius 2 is 1.09 bits per heavy atom. The Labute approximate surface area is 138 Å². The third kappa shape index (κ3) is 17.5. The molecule has 0 aliphatic heterocycles. The molecule has 0 aromatic heterocycles. The molecule has 1 N–H and O–H groups in total. The van der Waals surface area contributed by atoms with Crippen LogP contribution in [0.15, 0.2) is 0 Å². The molecular formula is C19H39NO2. The molecule has 0 aromatic carbocycles. The zero-order valence-electron chi connectivity index (χ0n) is 15.1. The zero-order chi connectivity index (χ0) is 16.5. The molecule has 0 bridgehead atoms. The summed E-state index contributed by atoms with van der Waals surface area (Å²) in [5.74, 6) is -0.729. The minimum absolute atomic E-state index is 0.165. The van der Waals surface area contributed by atoms with Gasteiger partial charge in [0.15, 0.2) is 0 Å². The van der Waals surface area contributed by atoms with Gasteiger partial charge in [0.1, 0.15) is 0 Å². The van der Waals surface area contributed by atoms with Crippen molar-refractivity contribution in [2.24, 2.45) is 0 Å². The van der Waals surface area contributed by atoms with Crippen LogP contribution in [-0.4, -0.2) is 36.1 Å². The lowest BCUT2D eigenvalue weighted by molar-refractivity contribution is -0.137. The monoisotopic (exact) mass is 313 g/mol. The smallest absolute Gasteiger partial charge is 0.317 e. The van der Waals surface area contributed by atoms with E-state index in [-0.39, 0.29) is 6.54 Å². The Bertz CT molecular complexity index is 244. The lowest BCUT2D eigenvalue weighted by Gasteiger charge is -2.13. The normalized spacial score (nSPS) is 11.2. The molecule has 0 amide bonds. The van der Waals surface area contributed by atoms with Crippen LogP contribution in [0.4, 0.5) is 0 Å². The lowest BCUT2D eigenvalue weighted by Crippen LogP contribution is -2.26. The molecule has 0 aromatic rings. The Morgan fingerprint density at radius 1 is 0.727 bits per heavy atom. The van der Waals surface area contributed by atoms with E-state index in [0.717, 1.165) is 13.0 Å². The minimum atomic E-state index is -0.729. The summed E-state index contributed by atoms with van der Waals surface area (Å²) in [4.78, 5) is 12.4. The first-order valence-electron chi connectivity index (χ1n) is 9.57. The van der Waals surface area contributed by atoms with Crippen LogP contribution in [0, 0.1) is 0 Å². The summed E-state index contributed by atoms with van der Waals surface area (Å²) < 4.78 is 0. The number of carboxylic acids is 1. The van der Waals surface area contributed by atoms with Gasteiger partial charge in [0, 0.05) is 0 Å². The SMILES string of the molecule is CCCCCCCCCCCCCCCCN(C)CC(=O)O. The Kier molecular flexibility index (Phi) is 16.4. The Morgan fingerprint density at radius 3 is 1.45 bits per heavy atom. The van der Waals surface area contributed by atoms with Crippen molar-refractivity contribution in [3.63, 3.8) is 0 Å². The maximum absolute atomic E-state index is 10.5. The number of carboxylic acid groups (broad SMARTS) is 1. The molecule has 0 saturated carbocycles. The van der Waals surface area contributed by atoms with Crippen LogP contribution in [0.1, 0.15) is 96.8 Å². The molecule has 0 saturated heterocycles. The Balaban J connectivity index is 3.07. The Hall–Kier alpha value is -0.570. The summed E-state index contributed by atoms with van der Waals surface area (Å²) >= 11 is 0. The van der Waals surface area contributed by atoms with Crippen LogP contribution in [-0.2, 0) is 4.79 Å². The van der Waals surface area contributed by atoms with Crippen molar-refractivity contribution in [3.05, 3.63) is 0 Å². The molecule has 0 fully saturated rings.